The van der Waals surface area contributed by atoms with Crippen LogP contribution in [0.15, 0.2) is 57.7 Å². The Morgan fingerprint density at radius 1 is 1.05 bits per heavy atom. The van der Waals surface area contributed by atoms with Gasteiger partial charge in [-0.05, 0) is 50.5 Å². The molecule has 0 aliphatic heterocycles. The molecule has 0 saturated carbocycles. The van der Waals surface area contributed by atoms with E-state index in [1.54, 1.807) is 36.4 Å². The molecule has 1 N–H and O–H groups in total. The van der Waals surface area contributed by atoms with Crippen LogP contribution in [0.25, 0.3) is 22.3 Å². The van der Waals surface area contributed by atoms with Crippen molar-refractivity contribution < 1.29 is 9.52 Å². The summed E-state index contributed by atoms with van der Waals surface area (Å²) in [5.41, 5.74) is 1.95. The quantitative estimate of drug-likeness (QED) is 0.806. The lowest BCUT2D eigenvalue weighted by molar-refractivity contribution is 0.397. The van der Waals surface area contributed by atoms with Crippen molar-refractivity contribution in [3.05, 3.63) is 64.3 Å². The van der Waals surface area contributed by atoms with Gasteiger partial charge in [-0.2, -0.15) is 0 Å². The van der Waals surface area contributed by atoms with E-state index in [9.17, 15) is 9.90 Å². The van der Waals surface area contributed by atoms with E-state index in [-0.39, 0.29) is 11.2 Å². The van der Waals surface area contributed by atoms with Crippen molar-refractivity contribution in [3.8, 4) is 17.1 Å². The highest BCUT2D eigenvalue weighted by molar-refractivity contribution is 5.80. The number of rotatable bonds is 3. The first-order valence-corrected chi connectivity index (χ1v) is 7.05. The molecule has 3 rings (SSSR count). The van der Waals surface area contributed by atoms with Crippen LogP contribution < -0.4 is 5.43 Å². The van der Waals surface area contributed by atoms with Gasteiger partial charge in [0.1, 0.15) is 17.1 Å². The molecule has 1 heterocycles. The second-order valence-electron chi connectivity index (χ2n) is 5.52. The highest BCUT2D eigenvalue weighted by Crippen LogP contribution is 2.27. The van der Waals surface area contributed by atoms with Crippen LogP contribution in [0.2, 0.25) is 0 Å². The molecule has 0 spiro atoms. The van der Waals surface area contributed by atoms with Crippen LogP contribution in [-0.4, -0.2) is 24.1 Å². The summed E-state index contributed by atoms with van der Waals surface area (Å²) in [6.07, 6.45) is 0. The van der Waals surface area contributed by atoms with Crippen molar-refractivity contribution in [2.45, 2.75) is 6.54 Å². The van der Waals surface area contributed by atoms with E-state index in [1.807, 2.05) is 31.1 Å². The van der Waals surface area contributed by atoms with Gasteiger partial charge in [0.2, 0.25) is 0 Å². The Morgan fingerprint density at radius 2 is 1.73 bits per heavy atom. The van der Waals surface area contributed by atoms with Gasteiger partial charge in [0.25, 0.3) is 0 Å². The standard InChI is InChI=1S/C18H17NO3/c1-19(2)11-15-17(21)14-5-3-4-6-16(14)22-18(15)12-7-9-13(20)10-8-12/h3-10,20H,11H2,1-2H3. The Labute approximate surface area is 128 Å². The van der Waals surface area contributed by atoms with Crippen LogP contribution in [0.4, 0.5) is 0 Å². The summed E-state index contributed by atoms with van der Waals surface area (Å²) < 4.78 is 5.99. The zero-order valence-corrected chi connectivity index (χ0v) is 12.5. The van der Waals surface area contributed by atoms with Gasteiger partial charge >= 0.3 is 0 Å². The smallest absolute Gasteiger partial charge is 0.197 e. The van der Waals surface area contributed by atoms with Crippen molar-refractivity contribution >= 4 is 11.0 Å². The molecule has 0 fully saturated rings. The summed E-state index contributed by atoms with van der Waals surface area (Å²) >= 11 is 0. The Bertz CT molecular complexity index is 864. The first-order valence-electron chi connectivity index (χ1n) is 7.05. The van der Waals surface area contributed by atoms with Crippen molar-refractivity contribution in [2.24, 2.45) is 0 Å². The third-order valence-corrected chi connectivity index (χ3v) is 3.50. The van der Waals surface area contributed by atoms with E-state index in [0.29, 0.717) is 28.8 Å². The predicted octanol–water partition coefficient (Wildman–Crippen LogP) is 3.23. The first-order chi connectivity index (χ1) is 10.6. The molecule has 0 unspecified atom stereocenters. The molecule has 0 saturated heterocycles. The molecular weight excluding hydrogens is 278 g/mol. The number of phenols is 1. The molecule has 0 amide bonds. The zero-order valence-electron chi connectivity index (χ0n) is 12.5. The molecule has 112 valence electrons. The number of hydrogen-bond acceptors (Lipinski definition) is 4. The Balaban J connectivity index is 2.31. The van der Waals surface area contributed by atoms with Gasteiger partial charge in [-0.25, -0.2) is 0 Å². The van der Waals surface area contributed by atoms with Crippen LogP contribution in [0, 0.1) is 0 Å². The van der Waals surface area contributed by atoms with Crippen molar-refractivity contribution in [1.82, 2.24) is 4.90 Å². The summed E-state index contributed by atoms with van der Waals surface area (Å²) in [5, 5.41) is 10.0. The van der Waals surface area contributed by atoms with Gasteiger partial charge in [0.05, 0.1) is 10.9 Å². The Hall–Kier alpha value is -2.59. The van der Waals surface area contributed by atoms with Crippen molar-refractivity contribution in [1.29, 1.82) is 0 Å². The molecule has 3 aromatic rings. The summed E-state index contributed by atoms with van der Waals surface area (Å²) in [6, 6.07) is 13.9. The minimum atomic E-state index is -0.0152. The zero-order chi connectivity index (χ0) is 15.7. The van der Waals surface area contributed by atoms with E-state index < -0.39 is 0 Å². The molecule has 0 atom stereocenters. The van der Waals surface area contributed by atoms with Crippen LogP contribution >= 0.6 is 0 Å². The minimum Gasteiger partial charge on any atom is -0.508 e. The third-order valence-electron chi connectivity index (χ3n) is 3.50. The van der Waals surface area contributed by atoms with Gasteiger partial charge in [-0.15, -0.1) is 0 Å². The maximum atomic E-state index is 12.8. The Morgan fingerprint density at radius 3 is 2.41 bits per heavy atom. The van der Waals surface area contributed by atoms with E-state index in [4.69, 9.17) is 4.42 Å². The topological polar surface area (TPSA) is 53.7 Å². The minimum absolute atomic E-state index is 0.0152. The molecule has 0 aliphatic rings. The van der Waals surface area contributed by atoms with E-state index in [2.05, 4.69) is 0 Å². The van der Waals surface area contributed by atoms with Gasteiger partial charge in [-0.3, -0.25) is 4.79 Å². The molecule has 2 aromatic carbocycles. The first kappa shape index (κ1) is 14.4. The largest absolute Gasteiger partial charge is 0.508 e. The van der Waals surface area contributed by atoms with Crippen LogP contribution in [0.3, 0.4) is 0 Å². The summed E-state index contributed by atoms with van der Waals surface area (Å²) in [5.74, 6) is 0.735. The summed E-state index contributed by atoms with van der Waals surface area (Å²) in [7, 11) is 3.82. The van der Waals surface area contributed by atoms with E-state index >= 15 is 0 Å². The Kier molecular flexibility index (Phi) is 3.69. The van der Waals surface area contributed by atoms with Gasteiger partial charge in [0, 0.05) is 12.1 Å². The fourth-order valence-electron chi connectivity index (χ4n) is 2.49. The molecule has 4 heteroatoms. The molecule has 0 radical (unpaired) electrons. The normalized spacial score (nSPS) is 11.2. The fourth-order valence-corrected chi connectivity index (χ4v) is 2.49. The predicted molar refractivity (Wildman–Crippen MR) is 87.0 cm³/mol. The van der Waals surface area contributed by atoms with Crippen molar-refractivity contribution in [2.75, 3.05) is 14.1 Å². The van der Waals surface area contributed by atoms with Gasteiger partial charge < -0.3 is 14.4 Å². The number of hydrogen-bond donors (Lipinski definition) is 1. The summed E-state index contributed by atoms with van der Waals surface area (Å²) in [4.78, 5) is 14.7. The molecule has 1 aromatic heterocycles. The maximum absolute atomic E-state index is 12.8. The highest BCUT2D eigenvalue weighted by atomic mass is 16.3. The number of fused-ring (bicyclic) bond motifs is 1. The van der Waals surface area contributed by atoms with Crippen molar-refractivity contribution in [3.63, 3.8) is 0 Å². The van der Waals surface area contributed by atoms with Gasteiger partial charge in [-0.1, -0.05) is 12.1 Å². The second kappa shape index (κ2) is 5.66. The maximum Gasteiger partial charge on any atom is 0.197 e. The van der Waals surface area contributed by atoms with Gasteiger partial charge in [0.15, 0.2) is 5.43 Å². The van der Waals surface area contributed by atoms with Crippen LogP contribution in [0.1, 0.15) is 5.56 Å². The lowest BCUT2D eigenvalue weighted by Crippen LogP contribution is -2.19. The number of nitrogens with zero attached hydrogens (tertiary/aromatic N) is 1. The number of phenolic OH excluding ortho intramolecular Hbond substituents is 1. The monoisotopic (exact) mass is 295 g/mol. The average molecular weight is 295 g/mol. The molecule has 0 aliphatic carbocycles. The average Bonchev–Trinajstić information content (AvgIpc) is 2.50. The fraction of sp³-hybridized carbons (Fsp3) is 0.167. The number of para-hydroxylation sites is 1. The molecule has 22 heavy (non-hydrogen) atoms. The van der Waals surface area contributed by atoms with E-state index in [0.717, 1.165) is 5.56 Å². The van der Waals surface area contributed by atoms with Crippen LogP contribution in [-0.2, 0) is 6.54 Å². The third kappa shape index (κ3) is 2.61. The molecule has 4 nitrogen and oxygen atoms in total. The number of benzene rings is 2. The SMILES string of the molecule is CN(C)Cc1c(-c2ccc(O)cc2)oc2ccccc2c1=O. The van der Waals surface area contributed by atoms with Crippen LogP contribution in [0.5, 0.6) is 5.75 Å². The van der Waals surface area contributed by atoms with E-state index in [1.165, 1.54) is 0 Å². The molecular formula is C18H17NO3. The lowest BCUT2D eigenvalue weighted by Gasteiger charge is -2.14. The second-order valence-corrected chi connectivity index (χ2v) is 5.52. The molecule has 0 bridgehead atoms. The lowest BCUT2D eigenvalue weighted by atomic mass is 10.0. The highest BCUT2D eigenvalue weighted by Gasteiger charge is 2.16. The summed E-state index contributed by atoms with van der Waals surface area (Å²) in [6.45, 7) is 0.489. The number of aromatic hydroxyl groups is 1.